The fourth-order valence-electron chi connectivity index (χ4n) is 2.77. The molecule has 5 nitrogen and oxygen atoms in total. The van der Waals surface area contributed by atoms with Gasteiger partial charge < -0.3 is 9.80 Å². The second-order valence-electron chi connectivity index (χ2n) is 5.87. The summed E-state index contributed by atoms with van der Waals surface area (Å²) in [5, 5.41) is 2.82. The van der Waals surface area contributed by atoms with Crippen LogP contribution in [0.5, 0.6) is 0 Å². The minimum absolute atomic E-state index is 0.313. The van der Waals surface area contributed by atoms with Gasteiger partial charge in [0.05, 0.1) is 5.02 Å². The number of carbonyl (C=O) groups excluding carboxylic acids is 1. The van der Waals surface area contributed by atoms with E-state index in [1.165, 1.54) is 12.1 Å². The van der Waals surface area contributed by atoms with Gasteiger partial charge in [-0.3, -0.25) is 9.48 Å². The first-order chi connectivity index (χ1) is 12.2. The average Bonchev–Trinajstić information content (AvgIpc) is 2.96. The molecule has 26 heavy (non-hydrogen) atoms. The Hall–Kier alpha value is -2.29. The monoisotopic (exact) mass is 390 g/mol. The van der Waals surface area contributed by atoms with Gasteiger partial charge in [-0.05, 0) is 24.3 Å². The van der Waals surface area contributed by atoms with Crippen molar-refractivity contribution < 1.29 is 22.4 Å². The summed E-state index contributed by atoms with van der Waals surface area (Å²) in [5.74, 6) is -0.657. The fourth-order valence-corrected chi connectivity index (χ4v) is 3.03. The number of rotatable bonds is 3. The molecule has 1 aromatic heterocycles. The number of amides is 1. The number of hydrogen-bond donors (Lipinski definition) is 0. The van der Waals surface area contributed by atoms with Gasteiger partial charge in [-0.1, -0.05) is 11.6 Å². The van der Waals surface area contributed by atoms with E-state index in [2.05, 4.69) is 5.10 Å². The number of aromatic nitrogens is 2. The highest BCUT2D eigenvalue weighted by Crippen LogP contribution is 2.33. The van der Waals surface area contributed by atoms with Crippen LogP contribution in [-0.2, 0) is 17.5 Å². The number of anilines is 1. The molecule has 1 aliphatic heterocycles. The standard InChI is InChI=1S/C16H15ClF4N4O/c17-13-9-25(22-15(13)16(19,20)21)10-14(26)24-7-5-23(6-8-24)12-3-1-11(18)2-4-12/h1-4,9H,5-8,10H2. The Morgan fingerprint density at radius 3 is 2.27 bits per heavy atom. The third-order valence-corrected chi connectivity index (χ3v) is 4.38. The lowest BCUT2D eigenvalue weighted by atomic mass is 10.2. The van der Waals surface area contributed by atoms with Gasteiger partial charge in [0.1, 0.15) is 12.4 Å². The van der Waals surface area contributed by atoms with Gasteiger partial charge in [-0.15, -0.1) is 0 Å². The Kier molecular flexibility index (Phi) is 5.08. The lowest BCUT2D eigenvalue weighted by Gasteiger charge is -2.36. The molecule has 0 atom stereocenters. The Morgan fingerprint density at radius 2 is 1.73 bits per heavy atom. The van der Waals surface area contributed by atoms with Crippen molar-refractivity contribution in [3.8, 4) is 0 Å². The number of hydrogen-bond acceptors (Lipinski definition) is 3. The molecule has 10 heteroatoms. The molecule has 2 heterocycles. The summed E-state index contributed by atoms with van der Waals surface area (Å²) in [7, 11) is 0. The molecule has 1 saturated heterocycles. The summed E-state index contributed by atoms with van der Waals surface area (Å²) in [5.41, 5.74) is -0.347. The van der Waals surface area contributed by atoms with E-state index in [1.54, 1.807) is 17.0 Å². The lowest BCUT2D eigenvalue weighted by Crippen LogP contribution is -2.49. The van der Waals surface area contributed by atoms with Gasteiger partial charge >= 0.3 is 6.18 Å². The third-order valence-electron chi connectivity index (χ3n) is 4.11. The second-order valence-corrected chi connectivity index (χ2v) is 6.27. The van der Waals surface area contributed by atoms with Crippen molar-refractivity contribution in [3.63, 3.8) is 0 Å². The maximum atomic E-state index is 13.0. The molecule has 2 aromatic rings. The number of benzene rings is 1. The molecule has 1 aromatic carbocycles. The lowest BCUT2D eigenvalue weighted by molar-refractivity contribution is -0.142. The molecule has 1 fully saturated rings. The zero-order valence-corrected chi connectivity index (χ0v) is 14.3. The fraction of sp³-hybridized carbons (Fsp3) is 0.375. The van der Waals surface area contributed by atoms with Crippen LogP contribution in [0.2, 0.25) is 5.02 Å². The van der Waals surface area contributed by atoms with Crippen LogP contribution in [-0.4, -0.2) is 46.8 Å². The van der Waals surface area contributed by atoms with Gasteiger partial charge in [0, 0.05) is 38.1 Å². The van der Waals surface area contributed by atoms with E-state index in [0.29, 0.717) is 26.2 Å². The molecule has 0 bridgehead atoms. The quantitative estimate of drug-likeness (QED) is 0.756. The predicted molar refractivity (Wildman–Crippen MR) is 87.4 cm³/mol. The zero-order valence-electron chi connectivity index (χ0n) is 13.5. The predicted octanol–water partition coefficient (Wildman–Crippen LogP) is 3.04. The molecule has 140 valence electrons. The largest absolute Gasteiger partial charge is 0.436 e. The summed E-state index contributed by atoms with van der Waals surface area (Å²) in [6.07, 6.45) is -3.66. The van der Waals surface area contributed by atoms with Gasteiger partial charge in [0.2, 0.25) is 5.91 Å². The van der Waals surface area contributed by atoms with Gasteiger partial charge in [-0.2, -0.15) is 18.3 Å². The molecule has 0 radical (unpaired) electrons. The molecule has 0 N–H and O–H groups in total. The number of nitrogens with zero attached hydrogens (tertiary/aromatic N) is 4. The van der Waals surface area contributed by atoms with Crippen molar-refractivity contribution in [3.05, 3.63) is 47.0 Å². The van der Waals surface area contributed by atoms with Crippen molar-refractivity contribution in [1.82, 2.24) is 14.7 Å². The van der Waals surface area contributed by atoms with Crippen LogP contribution >= 0.6 is 11.6 Å². The minimum atomic E-state index is -4.66. The topological polar surface area (TPSA) is 41.4 Å². The van der Waals surface area contributed by atoms with Crippen LogP contribution in [0.25, 0.3) is 0 Å². The van der Waals surface area contributed by atoms with Crippen molar-refractivity contribution in [1.29, 1.82) is 0 Å². The van der Waals surface area contributed by atoms with Gasteiger partial charge in [0.15, 0.2) is 5.69 Å². The Bertz CT molecular complexity index is 783. The van der Waals surface area contributed by atoms with E-state index in [4.69, 9.17) is 11.6 Å². The Morgan fingerprint density at radius 1 is 1.12 bits per heavy atom. The molecule has 1 aliphatic rings. The normalized spacial score (nSPS) is 15.4. The van der Waals surface area contributed by atoms with Crippen molar-refractivity contribution in [2.75, 3.05) is 31.1 Å². The summed E-state index contributed by atoms with van der Waals surface area (Å²) in [4.78, 5) is 15.9. The molecule has 1 amide bonds. The summed E-state index contributed by atoms with van der Waals surface area (Å²) in [6, 6.07) is 6.06. The van der Waals surface area contributed by atoms with Crippen molar-refractivity contribution in [2.24, 2.45) is 0 Å². The smallest absolute Gasteiger partial charge is 0.368 e. The van der Waals surface area contributed by atoms with Gasteiger partial charge in [-0.25, -0.2) is 4.39 Å². The third kappa shape index (κ3) is 4.09. The molecule has 0 aliphatic carbocycles. The SMILES string of the molecule is O=C(Cn1cc(Cl)c(C(F)(F)F)n1)N1CCN(c2ccc(F)cc2)CC1. The van der Waals surface area contributed by atoms with Crippen molar-refractivity contribution >= 4 is 23.2 Å². The molecule has 0 unspecified atom stereocenters. The van der Waals surface area contributed by atoms with E-state index >= 15 is 0 Å². The number of alkyl halides is 3. The molecule has 0 spiro atoms. The van der Waals surface area contributed by atoms with Crippen LogP contribution in [0, 0.1) is 5.82 Å². The highest BCUT2D eigenvalue weighted by atomic mass is 35.5. The van der Waals surface area contributed by atoms with E-state index in [-0.39, 0.29) is 18.3 Å². The molecular weight excluding hydrogens is 376 g/mol. The van der Waals surface area contributed by atoms with E-state index in [9.17, 15) is 22.4 Å². The summed E-state index contributed by atoms with van der Waals surface area (Å²) in [6.45, 7) is 1.61. The molecule has 3 rings (SSSR count). The van der Waals surface area contributed by atoms with Gasteiger partial charge in [0.25, 0.3) is 0 Å². The maximum Gasteiger partial charge on any atom is 0.436 e. The molecular formula is C16H15ClF4N4O. The van der Waals surface area contributed by atoms with Crippen LogP contribution in [0.1, 0.15) is 5.69 Å². The van der Waals surface area contributed by atoms with E-state index in [1.807, 2.05) is 4.90 Å². The molecule has 0 saturated carbocycles. The van der Waals surface area contributed by atoms with Crippen molar-refractivity contribution in [2.45, 2.75) is 12.7 Å². The highest BCUT2D eigenvalue weighted by Gasteiger charge is 2.37. The number of carbonyl (C=O) groups is 1. The van der Waals surface area contributed by atoms with E-state index < -0.39 is 16.9 Å². The first kappa shape index (κ1) is 18.5. The minimum Gasteiger partial charge on any atom is -0.368 e. The first-order valence-corrected chi connectivity index (χ1v) is 8.20. The summed E-state index contributed by atoms with van der Waals surface area (Å²) < 4.78 is 52.0. The summed E-state index contributed by atoms with van der Waals surface area (Å²) >= 11 is 5.54. The Balaban J connectivity index is 1.58. The zero-order chi connectivity index (χ0) is 18.9. The van der Waals surface area contributed by atoms with Crippen LogP contribution in [0.3, 0.4) is 0 Å². The van der Waals surface area contributed by atoms with Crippen LogP contribution < -0.4 is 4.90 Å². The highest BCUT2D eigenvalue weighted by molar-refractivity contribution is 6.31. The second kappa shape index (κ2) is 7.14. The first-order valence-electron chi connectivity index (χ1n) is 7.82. The van der Waals surface area contributed by atoms with E-state index in [0.717, 1.165) is 16.6 Å². The Labute approximate surface area is 151 Å². The van der Waals surface area contributed by atoms with Crippen LogP contribution in [0.15, 0.2) is 30.5 Å². The number of halogens is 5. The maximum absolute atomic E-state index is 13.0. The average molecular weight is 391 g/mol. The van der Waals surface area contributed by atoms with Crippen LogP contribution in [0.4, 0.5) is 23.2 Å². The number of piperazine rings is 1.